The van der Waals surface area contributed by atoms with Crippen molar-refractivity contribution in [1.82, 2.24) is 10.2 Å². The molecule has 0 spiro atoms. The van der Waals surface area contributed by atoms with Crippen LogP contribution < -0.4 is 10.6 Å². The molecule has 6 heteroatoms. The standard InChI is InChI=1S/C26H34FN3O2/c1-25(2,32)20-6-3-7-22(17-20)28-24(31)29-26(13-5-14-26)18-30-15-4-8-23(30)16-19-9-11-21(27)12-10-19/h3,6-7,9-12,17,23,32H,4-5,8,13-16,18H2,1-2H3,(H2,28,29,31). The van der Waals surface area contributed by atoms with Crippen LogP contribution in [0, 0.1) is 5.82 Å². The maximum Gasteiger partial charge on any atom is 0.319 e. The number of hydrogen-bond donors (Lipinski definition) is 3. The third-order valence-electron chi connectivity index (χ3n) is 6.91. The zero-order valence-electron chi connectivity index (χ0n) is 19.0. The number of urea groups is 1. The van der Waals surface area contributed by atoms with E-state index in [1.54, 1.807) is 13.8 Å². The number of carbonyl (C=O) groups is 1. The van der Waals surface area contributed by atoms with Gasteiger partial charge >= 0.3 is 6.03 Å². The number of nitrogens with one attached hydrogen (secondary N) is 2. The number of anilines is 1. The molecule has 2 aromatic carbocycles. The molecule has 32 heavy (non-hydrogen) atoms. The number of nitrogens with zero attached hydrogens (tertiary/aromatic N) is 1. The molecule has 1 saturated heterocycles. The van der Waals surface area contributed by atoms with Crippen LogP contribution >= 0.6 is 0 Å². The third kappa shape index (κ3) is 5.48. The van der Waals surface area contributed by atoms with Crippen LogP contribution in [0.2, 0.25) is 0 Å². The van der Waals surface area contributed by atoms with Crippen molar-refractivity contribution in [2.45, 2.75) is 69.6 Å². The van der Waals surface area contributed by atoms with Crippen molar-refractivity contribution in [2.75, 3.05) is 18.4 Å². The van der Waals surface area contributed by atoms with Gasteiger partial charge in [-0.2, -0.15) is 0 Å². The molecule has 2 amide bonds. The Kier molecular flexibility index (Phi) is 6.54. The highest BCUT2D eigenvalue weighted by molar-refractivity contribution is 5.90. The van der Waals surface area contributed by atoms with Gasteiger partial charge in [0.2, 0.25) is 0 Å². The fraction of sp³-hybridized carbons (Fsp3) is 0.500. The second kappa shape index (κ2) is 9.20. The summed E-state index contributed by atoms with van der Waals surface area (Å²) in [5.74, 6) is -0.200. The molecule has 1 saturated carbocycles. The van der Waals surface area contributed by atoms with E-state index in [1.807, 2.05) is 36.4 Å². The van der Waals surface area contributed by atoms with Gasteiger partial charge in [0.15, 0.2) is 0 Å². The van der Waals surface area contributed by atoms with Crippen molar-refractivity contribution < 1.29 is 14.3 Å². The molecule has 0 radical (unpaired) electrons. The van der Waals surface area contributed by atoms with Crippen molar-refractivity contribution >= 4 is 11.7 Å². The van der Waals surface area contributed by atoms with Gasteiger partial charge in [0.05, 0.1) is 11.1 Å². The zero-order chi connectivity index (χ0) is 22.8. The van der Waals surface area contributed by atoms with E-state index in [2.05, 4.69) is 15.5 Å². The molecule has 0 bridgehead atoms. The van der Waals surface area contributed by atoms with Crippen LogP contribution in [-0.4, -0.2) is 40.7 Å². The summed E-state index contributed by atoms with van der Waals surface area (Å²) < 4.78 is 13.2. The molecular formula is C26H34FN3O2. The van der Waals surface area contributed by atoms with E-state index >= 15 is 0 Å². The van der Waals surface area contributed by atoms with Crippen molar-refractivity contribution in [1.29, 1.82) is 0 Å². The Morgan fingerprint density at radius 2 is 1.94 bits per heavy atom. The lowest BCUT2D eigenvalue weighted by atomic mass is 9.76. The molecule has 1 heterocycles. The van der Waals surface area contributed by atoms with Crippen molar-refractivity contribution in [3.63, 3.8) is 0 Å². The van der Waals surface area contributed by atoms with Gasteiger partial charge in [0, 0.05) is 18.3 Å². The predicted octanol–water partition coefficient (Wildman–Crippen LogP) is 4.80. The van der Waals surface area contributed by atoms with Gasteiger partial charge in [-0.15, -0.1) is 0 Å². The van der Waals surface area contributed by atoms with Gasteiger partial charge < -0.3 is 15.7 Å². The summed E-state index contributed by atoms with van der Waals surface area (Å²) in [6.07, 6.45) is 6.26. The van der Waals surface area contributed by atoms with Crippen LogP contribution in [0.15, 0.2) is 48.5 Å². The van der Waals surface area contributed by atoms with E-state index in [4.69, 9.17) is 0 Å². The van der Waals surface area contributed by atoms with Crippen molar-refractivity contribution in [2.24, 2.45) is 0 Å². The summed E-state index contributed by atoms with van der Waals surface area (Å²) in [7, 11) is 0. The second-order valence-corrected chi connectivity index (χ2v) is 9.95. The fourth-order valence-corrected chi connectivity index (χ4v) is 4.92. The Labute approximate surface area is 190 Å². The second-order valence-electron chi connectivity index (χ2n) is 9.95. The molecule has 1 unspecified atom stereocenters. The number of hydrogen-bond acceptors (Lipinski definition) is 3. The van der Waals surface area contributed by atoms with Crippen LogP contribution in [0.3, 0.4) is 0 Å². The van der Waals surface area contributed by atoms with Gasteiger partial charge in [-0.25, -0.2) is 9.18 Å². The van der Waals surface area contributed by atoms with E-state index in [0.29, 0.717) is 11.7 Å². The number of carbonyl (C=O) groups excluding carboxylic acids is 1. The number of amides is 2. The average Bonchev–Trinajstić information content (AvgIpc) is 3.14. The van der Waals surface area contributed by atoms with Crippen molar-refractivity contribution in [3.05, 3.63) is 65.5 Å². The van der Waals surface area contributed by atoms with Gasteiger partial charge in [-0.05, 0) is 94.3 Å². The average molecular weight is 440 g/mol. The Bertz CT molecular complexity index is 935. The maximum absolute atomic E-state index is 13.2. The van der Waals surface area contributed by atoms with Crippen LogP contribution in [0.5, 0.6) is 0 Å². The van der Waals surface area contributed by atoms with E-state index in [1.165, 1.54) is 12.1 Å². The summed E-state index contributed by atoms with van der Waals surface area (Å²) in [5, 5.41) is 16.4. The minimum absolute atomic E-state index is 0.200. The zero-order valence-corrected chi connectivity index (χ0v) is 19.0. The van der Waals surface area contributed by atoms with Crippen molar-refractivity contribution in [3.8, 4) is 0 Å². The first-order valence-corrected chi connectivity index (χ1v) is 11.6. The molecule has 172 valence electrons. The molecular weight excluding hydrogens is 405 g/mol. The third-order valence-corrected chi connectivity index (χ3v) is 6.91. The number of benzene rings is 2. The molecule has 4 rings (SSSR count). The quantitative estimate of drug-likeness (QED) is 0.580. The summed E-state index contributed by atoms with van der Waals surface area (Å²) in [6, 6.07) is 14.4. The molecule has 2 aromatic rings. The maximum atomic E-state index is 13.2. The molecule has 5 nitrogen and oxygen atoms in total. The Morgan fingerprint density at radius 1 is 1.19 bits per heavy atom. The number of aliphatic hydroxyl groups is 1. The molecule has 2 fully saturated rings. The van der Waals surface area contributed by atoms with E-state index in [0.717, 1.165) is 62.7 Å². The monoisotopic (exact) mass is 439 g/mol. The topological polar surface area (TPSA) is 64.6 Å². The predicted molar refractivity (Wildman–Crippen MR) is 125 cm³/mol. The number of rotatable bonds is 7. The molecule has 3 N–H and O–H groups in total. The first-order valence-electron chi connectivity index (χ1n) is 11.6. The highest BCUT2D eigenvalue weighted by Crippen LogP contribution is 2.35. The minimum atomic E-state index is -0.960. The Hall–Kier alpha value is -2.44. The minimum Gasteiger partial charge on any atom is -0.386 e. The lowest BCUT2D eigenvalue weighted by molar-refractivity contribution is 0.0786. The van der Waals surface area contributed by atoms with Gasteiger partial charge in [0.1, 0.15) is 5.82 Å². The van der Waals surface area contributed by atoms with E-state index in [9.17, 15) is 14.3 Å². The highest BCUT2D eigenvalue weighted by atomic mass is 19.1. The normalized spacial score (nSPS) is 20.6. The summed E-state index contributed by atoms with van der Waals surface area (Å²) >= 11 is 0. The van der Waals surface area contributed by atoms with Gasteiger partial charge in [-0.1, -0.05) is 24.3 Å². The molecule has 2 aliphatic rings. The molecule has 0 aromatic heterocycles. The van der Waals surface area contributed by atoms with Gasteiger partial charge in [0.25, 0.3) is 0 Å². The van der Waals surface area contributed by atoms with Crippen LogP contribution in [-0.2, 0) is 12.0 Å². The first kappa shape index (κ1) is 22.7. The lowest BCUT2D eigenvalue weighted by Gasteiger charge is -2.46. The van der Waals surface area contributed by atoms with E-state index in [-0.39, 0.29) is 17.4 Å². The number of halogens is 1. The SMILES string of the molecule is CC(C)(O)c1cccc(NC(=O)NC2(CN3CCCC3Cc3ccc(F)cc3)CCC2)c1. The largest absolute Gasteiger partial charge is 0.386 e. The molecule has 1 atom stereocenters. The summed E-state index contributed by atoms with van der Waals surface area (Å²) in [6.45, 7) is 5.34. The van der Waals surface area contributed by atoms with E-state index < -0.39 is 5.60 Å². The fourth-order valence-electron chi connectivity index (χ4n) is 4.92. The molecule has 1 aliphatic carbocycles. The first-order chi connectivity index (χ1) is 15.2. The van der Waals surface area contributed by atoms with Crippen LogP contribution in [0.1, 0.15) is 57.1 Å². The number of likely N-dealkylation sites (tertiary alicyclic amines) is 1. The van der Waals surface area contributed by atoms with Gasteiger partial charge in [-0.3, -0.25) is 4.90 Å². The summed E-state index contributed by atoms with van der Waals surface area (Å²) in [4.78, 5) is 15.3. The Morgan fingerprint density at radius 3 is 2.59 bits per heavy atom. The van der Waals surface area contributed by atoms with Crippen LogP contribution in [0.4, 0.5) is 14.9 Å². The summed E-state index contributed by atoms with van der Waals surface area (Å²) in [5.41, 5.74) is 1.42. The smallest absolute Gasteiger partial charge is 0.319 e. The Balaban J connectivity index is 1.37. The molecule has 1 aliphatic heterocycles. The lowest BCUT2D eigenvalue weighted by Crippen LogP contribution is -2.61. The van der Waals surface area contributed by atoms with Crippen LogP contribution in [0.25, 0.3) is 0 Å². The highest BCUT2D eigenvalue weighted by Gasteiger charge is 2.42.